The highest BCUT2D eigenvalue weighted by Crippen LogP contribution is 2.30. The van der Waals surface area contributed by atoms with Crippen LogP contribution in [-0.4, -0.2) is 19.3 Å². The van der Waals surface area contributed by atoms with Crippen molar-refractivity contribution in [2.24, 2.45) is 0 Å². The molecule has 2 rings (SSSR count). The summed E-state index contributed by atoms with van der Waals surface area (Å²) < 4.78 is 11.0. The van der Waals surface area contributed by atoms with Crippen LogP contribution in [0.5, 0.6) is 0 Å². The van der Waals surface area contributed by atoms with Crippen molar-refractivity contribution >= 4 is 25.7 Å². The summed E-state index contributed by atoms with van der Waals surface area (Å²) in [6, 6.07) is 0. The average Bonchev–Trinajstić information content (AvgIpc) is 2.30. The van der Waals surface area contributed by atoms with Gasteiger partial charge in [0.15, 0.2) is 10.7 Å². The number of carbonyl (C=O) groups excluding carboxylic acids is 1. The number of fused-ring (bicyclic) bond motifs is 1. The number of carbonyl (C=O) groups is 1. The van der Waals surface area contributed by atoms with Gasteiger partial charge in [-0.25, -0.2) is 14.2 Å². The summed E-state index contributed by atoms with van der Waals surface area (Å²) in [5, 5.41) is 0.0360. The number of hydrogen-bond acceptors (Lipinski definition) is 5. The number of aromatic nitrogens is 2. The molecule has 0 saturated heterocycles. The lowest BCUT2D eigenvalue weighted by atomic mass is 10.5. The molecule has 0 bridgehead atoms. The summed E-state index contributed by atoms with van der Waals surface area (Å²) in [7, 11) is -0.577. The quantitative estimate of drug-likeness (QED) is 0.548. The van der Waals surface area contributed by atoms with E-state index in [1.54, 1.807) is 0 Å². The summed E-state index contributed by atoms with van der Waals surface area (Å²) in [4.78, 5) is 18.5. The van der Waals surface area contributed by atoms with Crippen LogP contribution in [0.2, 0.25) is 0 Å². The van der Waals surface area contributed by atoms with Gasteiger partial charge in [0.05, 0.1) is 0 Å². The van der Waals surface area contributed by atoms with Crippen molar-refractivity contribution in [3.8, 4) is 0 Å². The van der Waals surface area contributed by atoms with Crippen LogP contribution < -0.4 is 0 Å². The largest absolute Gasteiger partial charge is 0.279 e. The molecule has 0 N–H and O–H groups in total. The predicted molar refractivity (Wildman–Crippen MR) is 40.4 cm³/mol. The fraction of sp³-hybridized carbons (Fsp3) is 0. The second-order valence-corrected chi connectivity index (χ2v) is 4.62. The molecule has 0 fully saturated rings. The standard InChI is InChI=1S/C5H2N2O2S2/c8-5-3-4(11(9)10-5)7-2-1-6-3/h1-2H. The van der Waals surface area contributed by atoms with Crippen molar-refractivity contribution in [2.45, 2.75) is 5.03 Å². The molecule has 0 spiro atoms. The fourth-order valence-electron chi connectivity index (χ4n) is 0.735. The van der Waals surface area contributed by atoms with Gasteiger partial charge in [-0.2, -0.15) is 0 Å². The van der Waals surface area contributed by atoms with E-state index < -0.39 is 9.83 Å². The smallest absolute Gasteiger partial charge is 0.253 e. The minimum Gasteiger partial charge on any atom is -0.279 e. The maximum absolute atomic E-state index is 11.0. The zero-order chi connectivity index (χ0) is 7.84. The van der Waals surface area contributed by atoms with Crippen molar-refractivity contribution in [3.05, 3.63) is 18.1 Å². The van der Waals surface area contributed by atoms with Gasteiger partial charge in [-0.3, -0.25) is 4.79 Å². The van der Waals surface area contributed by atoms with Crippen LogP contribution in [-0.2, 0) is 9.83 Å². The lowest BCUT2D eigenvalue weighted by molar-refractivity contribution is 0.108. The molecule has 0 amide bonds. The third kappa shape index (κ3) is 0.982. The van der Waals surface area contributed by atoms with Gasteiger partial charge in [-0.15, -0.1) is 0 Å². The van der Waals surface area contributed by atoms with Crippen molar-refractivity contribution in [1.82, 2.24) is 9.97 Å². The highest BCUT2D eigenvalue weighted by atomic mass is 33.1. The van der Waals surface area contributed by atoms with E-state index in [0.717, 1.165) is 10.8 Å². The molecule has 1 aromatic rings. The first-order valence-corrected chi connectivity index (χ1v) is 5.23. The van der Waals surface area contributed by atoms with Crippen LogP contribution >= 0.6 is 10.8 Å². The van der Waals surface area contributed by atoms with Crippen LogP contribution in [0, 0.1) is 0 Å². The molecule has 0 saturated carbocycles. The van der Waals surface area contributed by atoms with E-state index in [1.165, 1.54) is 12.4 Å². The molecular weight excluding hydrogens is 184 g/mol. The zero-order valence-electron chi connectivity index (χ0n) is 5.18. The Kier molecular flexibility index (Phi) is 1.50. The van der Waals surface area contributed by atoms with E-state index in [-0.39, 0.29) is 10.8 Å². The van der Waals surface area contributed by atoms with Crippen molar-refractivity contribution in [2.75, 3.05) is 0 Å². The SMILES string of the molecule is O=C1SS(=O)c2nccnc21. The minimum absolute atomic E-state index is 0.232. The van der Waals surface area contributed by atoms with Gasteiger partial charge >= 0.3 is 0 Å². The van der Waals surface area contributed by atoms with Crippen molar-refractivity contribution < 1.29 is 9.00 Å². The maximum Gasteiger partial charge on any atom is 0.253 e. The molecule has 1 aromatic heterocycles. The average molecular weight is 186 g/mol. The van der Waals surface area contributed by atoms with Gasteiger partial charge in [0, 0.05) is 23.2 Å². The summed E-state index contributed by atoms with van der Waals surface area (Å²) in [5.74, 6) is 0. The highest BCUT2D eigenvalue weighted by Gasteiger charge is 2.29. The van der Waals surface area contributed by atoms with Crippen molar-refractivity contribution in [3.63, 3.8) is 0 Å². The van der Waals surface area contributed by atoms with Gasteiger partial charge in [-0.05, 0) is 0 Å². The minimum atomic E-state index is -1.33. The van der Waals surface area contributed by atoms with Gasteiger partial charge in [0.1, 0.15) is 9.83 Å². The van der Waals surface area contributed by atoms with Gasteiger partial charge < -0.3 is 0 Å². The van der Waals surface area contributed by atoms with Gasteiger partial charge in [-0.1, -0.05) is 0 Å². The first-order chi connectivity index (χ1) is 5.29. The Morgan fingerprint density at radius 3 is 2.82 bits per heavy atom. The van der Waals surface area contributed by atoms with E-state index in [4.69, 9.17) is 0 Å². The van der Waals surface area contributed by atoms with Crippen LogP contribution in [0.3, 0.4) is 0 Å². The fourth-order valence-corrected chi connectivity index (χ4v) is 2.95. The normalized spacial score (nSPS) is 21.8. The number of nitrogens with zero attached hydrogens (tertiary/aromatic N) is 2. The van der Waals surface area contributed by atoms with Crippen LogP contribution in [0.1, 0.15) is 10.5 Å². The second kappa shape index (κ2) is 2.38. The second-order valence-electron chi connectivity index (χ2n) is 1.82. The molecule has 0 aromatic carbocycles. The molecule has 1 unspecified atom stereocenters. The summed E-state index contributed by atoms with van der Waals surface area (Å²) in [6.45, 7) is 0. The molecule has 1 atom stereocenters. The topological polar surface area (TPSA) is 59.9 Å². The van der Waals surface area contributed by atoms with E-state index in [9.17, 15) is 9.00 Å². The summed E-state index contributed by atoms with van der Waals surface area (Å²) >= 11 is 0. The Morgan fingerprint density at radius 2 is 2.09 bits per heavy atom. The molecule has 1 aliphatic heterocycles. The predicted octanol–water partition coefficient (Wildman–Crippen LogP) is 0.386. The molecule has 0 aliphatic carbocycles. The molecule has 6 heteroatoms. The van der Waals surface area contributed by atoms with Crippen molar-refractivity contribution in [1.29, 1.82) is 0 Å². The Balaban J connectivity index is 2.69. The summed E-state index contributed by atoms with van der Waals surface area (Å²) in [5.41, 5.74) is 0.232. The summed E-state index contributed by atoms with van der Waals surface area (Å²) in [6.07, 6.45) is 2.84. The maximum atomic E-state index is 11.0. The molecule has 0 radical (unpaired) electrons. The van der Waals surface area contributed by atoms with E-state index >= 15 is 0 Å². The molecule has 2 heterocycles. The van der Waals surface area contributed by atoms with Gasteiger partial charge in [0.25, 0.3) is 5.12 Å². The molecule has 11 heavy (non-hydrogen) atoms. The lowest BCUT2D eigenvalue weighted by Crippen LogP contribution is -1.94. The number of hydrogen-bond donors (Lipinski definition) is 0. The lowest BCUT2D eigenvalue weighted by Gasteiger charge is -1.87. The Morgan fingerprint density at radius 1 is 1.36 bits per heavy atom. The Labute approximate surface area is 68.3 Å². The molecule has 1 aliphatic rings. The Bertz CT molecular complexity index is 319. The van der Waals surface area contributed by atoms with E-state index in [2.05, 4.69) is 9.97 Å². The third-order valence-electron chi connectivity index (χ3n) is 1.17. The first kappa shape index (κ1) is 6.93. The van der Waals surface area contributed by atoms with E-state index in [0.29, 0.717) is 5.03 Å². The highest BCUT2D eigenvalue weighted by molar-refractivity contribution is 8.76. The molecular formula is C5H2N2O2S2. The van der Waals surface area contributed by atoms with Crippen LogP contribution in [0.4, 0.5) is 0 Å². The monoisotopic (exact) mass is 186 g/mol. The van der Waals surface area contributed by atoms with Crippen LogP contribution in [0.25, 0.3) is 0 Å². The van der Waals surface area contributed by atoms with E-state index in [1.807, 2.05) is 0 Å². The van der Waals surface area contributed by atoms with Crippen LogP contribution in [0.15, 0.2) is 17.4 Å². The van der Waals surface area contributed by atoms with Gasteiger partial charge in [0.2, 0.25) is 0 Å². The Hall–Kier alpha value is -0.750. The number of rotatable bonds is 0. The molecule has 4 nitrogen and oxygen atoms in total. The third-order valence-corrected chi connectivity index (χ3v) is 3.66. The molecule has 56 valence electrons. The first-order valence-electron chi connectivity index (χ1n) is 2.74. The zero-order valence-corrected chi connectivity index (χ0v) is 6.82.